The van der Waals surface area contributed by atoms with Crippen molar-refractivity contribution in [3.63, 3.8) is 0 Å². The molecular weight excluding hydrogens is 202 g/mol. The van der Waals surface area contributed by atoms with Crippen LogP contribution >= 0.6 is 11.6 Å². The third-order valence-electron chi connectivity index (χ3n) is 1.94. The quantitative estimate of drug-likeness (QED) is 0.748. The van der Waals surface area contributed by atoms with Gasteiger partial charge in [-0.3, -0.25) is 5.43 Å². The topological polar surface area (TPSA) is 62.7 Å². The van der Waals surface area contributed by atoms with Crippen molar-refractivity contribution in [3.8, 4) is 0 Å². The lowest BCUT2D eigenvalue weighted by atomic mass is 10.0. The van der Waals surface area contributed by atoms with Crippen LogP contribution in [0, 0.1) is 0 Å². The van der Waals surface area contributed by atoms with E-state index < -0.39 is 0 Å². The van der Waals surface area contributed by atoms with Crippen molar-refractivity contribution in [2.24, 2.45) is 0 Å². The maximum absolute atomic E-state index is 5.60. The van der Waals surface area contributed by atoms with Gasteiger partial charge in [0.1, 0.15) is 6.33 Å². The first kappa shape index (κ1) is 11.1. The van der Waals surface area contributed by atoms with Gasteiger partial charge in [-0.15, -0.1) is 0 Å². The van der Waals surface area contributed by atoms with Crippen LogP contribution in [0.15, 0.2) is 6.33 Å². The Balaban J connectivity index is 2.54. The van der Waals surface area contributed by atoms with E-state index in [-0.39, 0.29) is 10.8 Å². The number of aromatic nitrogens is 3. The van der Waals surface area contributed by atoms with Gasteiger partial charge in [0.15, 0.2) is 0 Å². The van der Waals surface area contributed by atoms with E-state index in [1.807, 2.05) is 0 Å². The van der Waals surface area contributed by atoms with Crippen molar-refractivity contribution in [3.05, 3.63) is 11.6 Å². The fourth-order valence-corrected chi connectivity index (χ4v) is 0.774. The molecule has 1 aromatic heterocycles. The van der Waals surface area contributed by atoms with Gasteiger partial charge in [-0.25, -0.2) is 15.4 Å². The summed E-state index contributed by atoms with van der Waals surface area (Å²) >= 11 is 5.60. The number of anilines is 1. The minimum Gasteiger partial charge on any atom is -0.289 e. The number of nitrogens with zero attached hydrogens (tertiary/aromatic N) is 3. The second-order valence-corrected chi connectivity index (χ2v) is 3.90. The standard InChI is InChI=1S/C8H14ClN5/c1-4-8(2,3)14-13-7-11-5-10-6(9)12-7/h5,14H,4H2,1-3H3,(H,10,11,12,13). The summed E-state index contributed by atoms with van der Waals surface area (Å²) in [5.74, 6) is 0.423. The van der Waals surface area contributed by atoms with Gasteiger partial charge in [0, 0.05) is 5.54 Å². The largest absolute Gasteiger partial charge is 0.289 e. The zero-order chi connectivity index (χ0) is 10.6. The molecule has 0 saturated heterocycles. The van der Waals surface area contributed by atoms with Crippen molar-refractivity contribution < 1.29 is 0 Å². The average Bonchev–Trinajstić information content (AvgIpc) is 2.15. The van der Waals surface area contributed by atoms with Crippen molar-refractivity contribution in [1.29, 1.82) is 0 Å². The van der Waals surface area contributed by atoms with E-state index in [0.29, 0.717) is 5.95 Å². The van der Waals surface area contributed by atoms with Gasteiger partial charge in [-0.2, -0.15) is 4.98 Å². The normalized spacial score (nSPS) is 11.4. The molecule has 0 radical (unpaired) electrons. The minimum atomic E-state index is -0.0148. The van der Waals surface area contributed by atoms with E-state index in [4.69, 9.17) is 11.6 Å². The fraction of sp³-hybridized carbons (Fsp3) is 0.625. The number of rotatable bonds is 4. The second-order valence-electron chi connectivity index (χ2n) is 3.57. The summed E-state index contributed by atoms with van der Waals surface area (Å²) in [6, 6.07) is 0. The van der Waals surface area contributed by atoms with Crippen LogP contribution < -0.4 is 10.9 Å². The number of hydrogen-bond acceptors (Lipinski definition) is 5. The molecule has 0 unspecified atom stereocenters. The Labute approximate surface area is 88.3 Å². The Morgan fingerprint density at radius 1 is 1.43 bits per heavy atom. The smallest absolute Gasteiger partial charge is 0.241 e. The van der Waals surface area contributed by atoms with Gasteiger partial charge >= 0.3 is 0 Å². The van der Waals surface area contributed by atoms with Crippen LogP contribution in [-0.2, 0) is 0 Å². The van der Waals surface area contributed by atoms with Gasteiger partial charge in [-0.1, -0.05) is 6.92 Å². The van der Waals surface area contributed by atoms with Crippen LogP contribution in [0.2, 0.25) is 5.28 Å². The zero-order valence-corrected chi connectivity index (χ0v) is 9.26. The first-order chi connectivity index (χ1) is 6.53. The third-order valence-corrected chi connectivity index (χ3v) is 2.12. The molecule has 0 aliphatic carbocycles. The Kier molecular flexibility index (Phi) is 3.60. The molecule has 78 valence electrons. The van der Waals surface area contributed by atoms with Crippen LogP contribution in [0.1, 0.15) is 27.2 Å². The first-order valence-corrected chi connectivity index (χ1v) is 4.79. The molecule has 0 saturated carbocycles. The maximum atomic E-state index is 5.60. The molecule has 0 aliphatic rings. The predicted molar refractivity (Wildman–Crippen MR) is 56.0 cm³/mol. The van der Waals surface area contributed by atoms with Gasteiger partial charge in [-0.05, 0) is 31.9 Å². The average molecular weight is 216 g/mol. The highest BCUT2D eigenvalue weighted by molar-refractivity contribution is 6.28. The Bertz CT molecular complexity index is 302. The van der Waals surface area contributed by atoms with Gasteiger partial charge in [0.25, 0.3) is 0 Å². The molecule has 1 rings (SSSR count). The van der Waals surface area contributed by atoms with Gasteiger partial charge < -0.3 is 0 Å². The molecule has 0 atom stereocenters. The SMILES string of the molecule is CCC(C)(C)NNc1ncnc(Cl)n1. The molecule has 0 fully saturated rings. The van der Waals surface area contributed by atoms with E-state index in [9.17, 15) is 0 Å². The van der Waals surface area contributed by atoms with E-state index in [2.05, 4.69) is 46.6 Å². The summed E-state index contributed by atoms with van der Waals surface area (Å²) in [7, 11) is 0. The van der Waals surface area contributed by atoms with Crippen molar-refractivity contribution in [1.82, 2.24) is 20.4 Å². The van der Waals surface area contributed by atoms with Gasteiger partial charge in [0.05, 0.1) is 0 Å². The van der Waals surface area contributed by atoms with E-state index >= 15 is 0 Å². The summed E-state index contributed by atoms with van der Waals surface area (Å²) in [6.07, 6.45) is 2.34. The molecule has 1 heterocycles. The van der Waals surface area contributed by atoms with Crippen molar-refractivity contribution in [2.75, 3.05) is 5.43 Å². The molecule has 2 N–H and O–H groups in total. The maximum Gasteiger partial charge on any atom is 0.241 e. The van der Waals surface area contributed by atoms with E-state index in [0.717, 1.165) is 6.42 Å². The predicted octanol–water partition coefficient (Wildman–Crippen LogP) is 1.63. The van der Waals surface area contributed by atoms with Crippen LogP contribution in [0.3, 0.4) is 0 Å². The van der Waals surface area contributed by atoms with Crippen LogP contribution in [-0.4, -0.2) is 20.5 Å². The van der Waals surface area contributed by atoms with Gasteiger partial charge in [0.2, 0.25) is 11.2 Å². The highest BCUT2D eigenvalue weighted by Crippen LogP contribution is 2.07. The Morgan fingerprint density at radius 2 is 2.14 bits per heavy atom. The number of hydrogen-bond donors (Lipinski definition) is 2. The highest BCUT2D eigenvalue weighted by atomic mass is 35.5. The molecule has 0 aliphatic heterocycles. The Morgan fingerprint density at radius 3 is 2.71 bits per heavy atom. The monoisotopic (exact) mass is 215 g/mol. The van der Waals surface area contributed by atoms with Crippen LogP contribution in [0.5, 0.6) is 0 Å². The molecular formula is C8H14ClN5. The Hall–Kier alpha value is -0.940. The van der Waals surface area contributed by atoms with Crippen molar-refractivity contribution in [2.45, 2.75) is 32.7 Å². The summed E-state index contributed by atoms with van der Waals surface area (Å²) < 4.78 is 0. The molecule has 0 aromatic carbocycles. The summed E-state index contributed by atoms with van der Waals surface area (Å²) in [5, 5.41) is 0.179. The first-order valence-electron chi connectivity index (χ1n) is 4.41. The number of hydrazine groups is 1. The number of halogens is 1. The lowest BCUT2D eigenvalue weighted by Crippen LogP contribution is -2.42. The van der Waals surface area contributed by atoms with Crippen LogP contribution in [0.25, 0.3) is 0 Å². The molecule has 0 spiro atoms. The molecule has 5 nitrogen and oxygen atoms in total. The van der Waals surface area contributed by atoms with E-state index in [1.54, 1.807) is 0 Å². The third kappa shape index (κ3) is 3.43. The minimum absolute atomic E-state index is 0.0148. The summed E-state index contributed by atoms with van der Waals surface area (Å²) in [5.41, 5.74) is 5.96. The van der Waals surface area contributed by atoms with Crippen molar-refractivity contribution >= 4 is 17.5 Å². The second kappa shape index (κ2) is 4.52. The van der Waals surface area contributed by atoms with Crippen LogP contribution in [0.4, 0.5) is 5.95 Å². The fourth-order valence-electron chi connectivity index (χ4n) is 0.650. The molecule has 1 aromatic rings. The molecule has 0 amide bonds. The summed E-state index contributed by atoms with van der Waals surface area (Å²) in [4.78, 5) is 11.5. The molecule has 14 heavy (non-hydrogen) atoms. The lowest BCUT2D eigenvalue weighted by Gasteiger charge is -2.24. The summed E-state index contributed by atoms with van der Waals surface area (Å²) in [6.45, 7) is 6.24. The lowest BCUT2D eigenvalue weighted by molar-refractivity contribution is 0.406. The molecule has 6 heteroatoms. The number of nitrogens with one attached hydrogen (secondary N) is 2. The highest BCUT2D eigenvalue weighted by Gasteiger charge is 2.13. The molecule has 0 bridgehead atoms. The van der Waals surface area contributed by atoms with E-state index in [1.165, 1.54) is 6.33 Å². The zero-order valence-electron chi connectivity index (χ0n) is 8.50.